The van der Waals surface area contributed by atoms with E-state index in [9.17, 15) is 4.79 Å². The number of aryl methyl sites for hydroxylation is 1. The number of hydrogen-bond acceptors (Lipinski definition) is 5. The molecule has 7 heteroatoms. The van der Waals surface area contributed by atoms with Crippen LogP contribution in [0.5, 0.6) is 0 Å². The normalized spacial score (nSPS) is 18.9. The highest BCUT2D eigenvalue weighted by atomic mass is 16.2. The lowest BCUT2D eigenvalue weighted by Crippen LogP contribution is -2.19. The van der Waals surface area contributed by atoms with Crippen molar-refractivity contribution in [1.82, 2.24) is 25.5 Å². The van der Waals surface area contributed by atoms with Crippen LogP contribution >= 0.6 is 0 Å². The second-order valence-electron chi connectivity index (χ2n) is 7.76. The third-order valence-electron chi connectivity index (χ3n) is 5.42. The van der Waals surface area contributed by atoms with Crippen LogP contribution in [-0.2, 0) is 11.3 Å². The second kappa shape index (κ2) is 7.67. The molecule has 0 radical (unpaired) electrons. The van der Waals surface area contributed by atoms with Crippen LogP contribution in [0.2, 0.25) is 0 Å². The van der Waals surface area contributed by atoms with Crippen LogP contribution in [-0.4, -0.2) is 44.8 Å². The molecule has 2 aliphatic heterocycles. The number of H-pyrrole nitrogens is 1. The van der Waals surface area contributed by atoms with Crippen LogP contribution in [0.3, 0.4) is 0 Å². The molecule has 0 saturated carbocycles. The Morgan fingerprint density at radius 2 is 2.07 bits per heavy atom. The Hall–Kier alpha value is -2.80. The Bertz CT molecular complexity index is 935. The maximum Gasteiger partial charge on any atom is 0.273 e. The van der Waals surface area contributed by atoms with Gasteiger partial charge in [-0.1, -0.05) is 13.8 Å². The fourth-order valence-corrected chi connectivity index (χ4v) is 4.09. The van der Waals surface area contributed by atoms with Crippen molar-refractivity contribution < 1.29 is 4.79 Å². The number of carbonyl (C=O) groups excluding carboxylic acids is 1. The molecule has 0 aliphatic carbocycles. The van der Waals surface area contributed by atoms with E-state index >= 15 is 0 Å². The average Bonchev–Trinajstić information content (AvgIpc) is 3.38. The Balaban J connectivity index is 1.74. The summed E-state index contributed by atoms with van der Waals surface area (Å²) in [6.45, 7) is 9.78. The first kappa shape index (κ1) is 18.6. The first-order chi connectivity index (χ1) is 13.5. The van der Waals surface area contributed by atoms with Gasteiger partial charge in [-0.15, -0.1) is 5.10 Å². The smallest absolute Gasteiger partial charge is 0.273 e. The molecule has 4 rings (SSSR count). The van der Waals surface area contributed by atoms with Crippen molar-refractivity contribution in [2.75, 3.05) is 13.1 Å². The molecule has 1 amide bonds. The maximum atomic E-state index is 12.4. The van der Waals surface area contributed by atoms with E-state index in [4.69, 9.17) is 0 Å². The number of nitrogens with one attached hydrogen (secondary N) is 2. The molecule has 0 bridgehead atoms. The van der Waals surface area contributed by atoms with Gasteiger partial charge in [-0.05, 0) is 68.1 Å². The molecule has 0 aromatic carbocycles. The van der Waals surface area contributed by atoms with Gasteiger partial charge >= 0.3 is 0 Å². The molecule has 2 aromatic rings. The number of carbonyl (C=O) groups is 1. The molecule has 4 heterocycles. The first-order valence-corrected chi connectivity index (χ1v) is 9.86. The number of hydrogen-bond donors (Lipinski definition) is 2. The van der Waals surface area contributed by atoms with Gasteiger partial charge in [0.05, 0.1) is 5.57 Å². The summed E-state index contributed by atoms with van der Waals surface area (Å²) in [5, 5.41) is 12.2. The van der Waals surface area contributed by atoms with Gasteiger partial charge in [0.15, 0.2) is 0 Å². The number of rotatable bonds is 5. The molecular formula is C21H26N6O. The lowest BCUT2D eigenvalue weighted by molar-refractivity contribution is -0.116. The largest absolute Gasteiger partial charge is 0.359 e. The van der Waals surface area contributed by atoms with Gasteiger partial charge in [0.25, 0.3) is 5.91 Å². The minimum Gasteiger partial charge on any atom is -0.359 e. The Kier molecular flexibility index (Phi) is 5.09. The van der Waals surface area contributed by atoms with Crippen molar-refractivity contribution >= 4 is 17.7 Å². The van der Waals surface area contributed by atoms with Crippen molar-refractivity contribution in [2.24, 2.45) is 5.10 Å². The van der Waals surface area contributed by atoms with Crippen molar-refractivity contribution in [3.63, 3.8) is 0 Å². The van der Waals surface area contributed by atoms with E-state index in [1.807, 2.05) is 12.1 Å². The van der Waals surface area contributed by atoms with E-state index in [0.717, 1.165) is 25.3 Å². The summed E-state index contributed by atoms with van der Waals surface area (Å²) in [7, 11) is 0. The SMILES string of the molecule is Cc1[nH]c(C=C2C(=O)NN=C2c2cccnn2)c(C(C)C)c1CN1CCCC1. The fraction of sp³-hybridized carbons (Fsp3) is 0.429. The molecular weight excluding hydrogens is 352 g/mol. The summed E-state index contributed by atoms with van der Waals surface area (Å²) in [4.78, 5) is 18.5. The third kappa shape index (κ3) is 3.49. The first-order valence-electron chi connectivity index (χ1n) is 9.86. The second-order valence-corrected chi connectivity index (χ2v) is 7.76. The van der Waals surface area contributed by atoms with Gasteiger partial charge in [0.2, 0.25) is 0 Å². The summed E-state index contributed by atoms with van der Waals surface area (Å²) in [5.41, 5.74) is 8.94. The van der Waals surface area contributed by atoms with Gasteiger partial charge in [-0.25, -0.2) is 5.43 Å². The minimum absolute atomic E-state index is 0.219. The van der Waals surface area contributed by atoms with Crippen LogP contribution in [0.1, 0.15) is 60.8 Å². The number of likely N-dealkylation sites (tertiary alicyclic amines) is 1. The van der Waals surface area contributed by atoms with E-state index in [1.54, 1.807) is 12.3 Å². The predicted octanol–water partition coefficient (Wildman–Crippen LogP) is 2.75. The minimum atomic E-state index is -0.219. The highest BCUT2D eigenvalue weighted by Crippen LogP contribution is 2.31. The van der Waals surface area contributed by atoms with E-state index in [0.29, 0.717) is 22.9 Å². The highest BCUT2D eigenvalue weighted by molar-refractivity contribution is 6.32. The summed E-state index contributed by atoms with van der Waals surface area (Å²) in [5.74, 6) is 0.125. The van der Waals surface area contributed by atoms with Crippen molar-refractivity contribution in [3.8, 4) is 0 Å². The number of aromatic nitrogens is 3. The van der Waals surface area contributed by atoms with Crippen LogP contribution < -0.4 is 5.43 Å². The van der Waals surface area contributed by atoms with Gasteiger partial charge in [-0.2, -0.15) is 10.2 Å². The summed E-state index contributed by atoms with van der Waals surface area (Å²) in [6.07, 6.45) is 6.06. The van der Waals surface area contributed by atoms with Gasteiger partial charge in [-0.3, -0.25) is 9.69 Å². The quantitative estimate of drug-likeness (QED) is 0.784. The monoisotopic (exact) mass is 378 g/mol. The van der Waals surface area contributed by atoms with Crippen molar-refractivity contribution in [2.45, 2.75) is 46.1 Å². The fourth-order valence-electron chi connectivity index (χ4n) is 4.09. The zero-order valence-corrected chi connectivity index (χ0v) is 16.6. The average molecular weight is 378 g/mol. The Labute approximate surface area is 164 Å². The molecule has 0 unspecified atom stereocenters. The van der Waals surface area contributed by atoms with Crippen molar-refractivity contribution in [3.05, 3.63) is 52.1 Å². The molecule has 1 fully saturated rings. The predicted molar refractivity (Wildman–Crippen MR) is 109 cm³/mol. The van der Waals surface area contributed by atoms with Crippen molar-refractivity contribution in [1.29, 1.82) is 0 Å². The van der Waals surface area contributed by atoms with Crippen LogP contribution in [0, 0.1) is 6.92 Å². The molecule has 2 aromatic heterocycles. The highest BCUT2D eigenvalue weighted by Gasteiger charge is 2.27. The van der Waals surface area contributed by atoms with E-state index < -0.39 is 0 Å². The van der Waals surface area contributed by atoms with Crippen LogP contribution in [0.25, 0.3) is 6.08 Å². The number of hydrazone groups is 1. The van der Waals surface area contributed by atoms with Gasteiger partial charge in [0.1, 0.15) is 11.4 Å². The zero-order valence-electron chi connectivity index (χ0n) is 16.6. The topological polar surface area (TPSA) is 86.3 Å². The molecule has 146 valence electrons. The number of aromatic amines is 1. The number of amides is 1. The molecule has 2 aliphatic rings. The Morgan fingerprint density at radius 3 is 2.75 bits per heavy atom. The standard InChI is InChI=1S/C21H26N6O/c1-13(2)19-16(12-27-9-4-5-10-27)14(3)23-18(19)11-15-20(25-26-21(15)28)17-7-6-8-22-24-17/h6-8,11,13,23H,4-5,9-10,12H2,1-3H3,(H,26,28). The molecule has 0 atom stereocenters. The molecule has 0 spiro atoms. The van der Waals surface area contributed by atoms with E-state index in [2.05, 4.69) is 51.4 Å². The molecule has 2 N–H and O–H groups in total. The van der Waals surface area contributed by atoms with Gasteiger partial charge in [0, 0.05) is 24.1 Å². The van der Waals surface area contributed by atoms with Gasteiger partial charge < -0.3 is 4.98 Å². The molecule has 1 saturated heterocycles. The summed E-state index contributed by atoms with van der Waals surface area (Å²) >= 11 is 0. The summed E-state index contributed by atoms with van der Waals surface area (Å²) in [6, 6.07) is 3.60. The Morgan fingerprint density at radius 1 is 1.29 bits per heavy atom. The lowest BCUT2D eigenvalue weighted by atomic mass is 9.95. The molecule has 28 heavy (non-hydrogen) atoms. The molecule has 7 nitrogen and oxygen atoms in total. The van der Waals surface area contributed by atoms with E-state index in [1.165, 1.54) is 29.7 Å². The zero-order chi connectivity index (χ0) is 19.7. The number of nitrogens with zero attached hydrogens (tertiary/aromatic N) is 4. The summed E-state index contributed by atoms with van der Waals surface area (Å²) < 4.78 is 0. The van der Waals surface area contributed by atoms with Crippen LogP contribution in [0.4, 0.5) is 0 Å². The third-order valence-corrected chi connectivity index (χ3v) is 5.42. The maximum absolute atomic E-state index is 12.4. The van der Waals surface area contributed by atoms with E-state index in [-0.39, 0.29) is 5.91 Å². The lowest BCUT2D eigenvalue weighted by Gasteiger charge is -2.17. The van der Waals surface area contributed by atoms with Crippen LogP contribution in [0.15, 0.2) is 29.0 Å².